The highest BCUT2D eigenvalue weighted by Crippen LogP contribution is 2.11. The summed E-state index contributed by atoms with van der Waals surface area (Å²) < 4.78 is 0. The lowest BCUT2D eigenvalue weighted by Gasteiger charge is -2.09. The fourth-order valence-corrected chi connectivity index (χ4v) is 1.36. The van der Waals surface area contributed by atoms with E-state index in [4.69, 9.17) is 0 Å². The van der Waals surface area contributed by atoms with Crippen LogP contribution >= 0.6 is 0 Å². The van der Waals surface area contributed by atoms with Gasteiger partial charge in [-0.05, 0) is 38.3 Å². The van der Waals surface area contributed by atoms with Crippen molar-refractivity contribution in [3.05, 3.63) is 11.1 Å². The Bertz CT molecular complexity index is 270. The summed E-state index contributed by atoms with van der Waals surface area (Å²) in [5.74, 6) is 0. The summed E-state index contributed by atoms with van der Waals surface area (Å²) in [6.45, 7) is 8.45. The van der Waals surface area contributed by atoms with Crippen LogP contribution in [0.15, 0.2) is 21.1 Å². The van der Waals surface area contributed by atoms with E-state index in [-0.39, 0.29) is 0 Å². The van der Waals surface area contributed by atoms with Crippen LogP contribution in [-0.4, -0.2) is 25.5 Å². The maximum absolute atomic E-state index is 4.32. The van der Waals surface area contributed by atoms with Crippen molar-refractivity contribution < 1.29 is 0 Å². The highest BCUT2D eigenvalue weighted by molar-refractivity contribution is 6.09. The van der Waals surface area contributed by atoms with Gasteiger partial charge in [0.05, 0.1) is 0 Å². The maximum Gasteiger partial charge on any atom is 0.0377 e. The Morgan fingerprint density at radius 3 is 1.86 bits per heavy atom. The summed E-state index contributed by atoms with van der Waals surface area (Å²) in [7, 11) is 3.69. The van der Waals surface area contributed by atoms with E-state index in [1.807, 2.05) is 21.0 Å². The van der Waals surface area contributed by atoms with Crippen LogP contribution in [0.1, 0.15) is 40.5 Å². The lowest BCUT2D eigenvalue weighted by Crippen LogP contribution is -2.06. The molecule has 0 N–H and O–H groups in total. The molecule has 0 amide bonds. The first-order valence-electron chi connectivity index (χ1n) is 5.15. The van der Waals surface area contributed by atoms with Crippen LogP contribution in [0.4, 0.5) is 0 Å². The van der Waals surface area contributed by atoms with Gasteiger partial charge in [-0.25, -0.2) is 0 Å². The molecule has 0 radical (unpaired) electrons. The molecule has 2 heteroatoms. The Balaban J connectivity index is 4.97. The van der Waals surface area contributed by atoms with E-state index in [0.717, 1.165) is 18.6 Å². The minimum atomic E-state index is 1.05. The van der Waals surface area contributed by atoms with Gasteiger partial charge in [0.1, 0.15) is 0 Å². The Morgan fingerprint density at radius 1 is 0.929 bits per heavy atom. The van der Waals surface area contributed by atoms with Crippen LogP contribution in [0.25, 0.3) is 0 Å². The summed E-state index contributed by atoms with van der Waals surface area (Å²) >= 11 is 0. The van der Waals surface area contributed by atoms with Crippen LogP contribution in [0.3, 0.4) is 0 Å². The standard InChI is InChI=1S/C12H22N2/c1-7-8-12(14-6)10(3)9(2)11(4)13-5/h7-8H2,1-6H3/b10-9-,13-11?,14-12?. The van der Waals surface area contributed by atoms with E-state index in [9.17, 15) is 0 Å². The number of hydrogen-bond acceptors (Lipinski definition) is 2. The third-order valence-corrected chi connectivity index (χ3v) is 2.63. The lowest BCUT2D eigenvalue weighted by molar-refractivity contribution is 0.985. The van der Waals surface area contributed by atoms with Gasteiger partial charge >= 0.3 is 0 Å². The minimum absolute atomic E-state index is 1.05. The number of rotatable bonds is 4. The normalized spacial score (nSPS) is 15.6. The molecule has 0 fully saturated rings. The zero-order valence-corrected chi connectivity index (χ0v) is 10.3. The SMILES string of the molecule is CCCC(=NC)/C(C)=C(/C)C(C)=NC. The van der Waals surface area contributed by atoms with Crippen molar-refractivity contribution in [1.82, 2.24) is 0 Å². The van der Waals surface area contributed by atoms with E-state index in [2.05, 4.69) is 30.8 Å². The van der Waals surface area contributed by atoms with Gasteiger partial charge in [-0.2, -0.15) is 0 Å². The maximum atomic E-state index is 4.32. The monoisotopic (exact) mass is 194 g/mol. The molecule has 0 atom stereocenters. The Morgan fingerprint density at radius 2 is 1.50 bits per heavy atom. The van der Waals surface area contributed by atoms with Crippen molar-refractivity contribution in [3.8, 4) is 0 Å². The van der Waals surface area contributed by atoms with Crippen molar-refractivity contribution in [2.24, 2.45) is 9.98 Å². The molecule has 0 saturated carbocycles. The Kier molecular flexibility index (Phi) is 6.09. The molecule has 14 heavy (non-hydrogen) atoms. The topological polar surface area (TPSA) is 24.7 Å². The van der Waals surface area contributed by atoms with Crippen molar-refractivity contribution in [1.29, 1.82) is 0 Å². The summed E-state index contributed by atoms with van der Waals surface area (Å²) in [6.07, 6.45) is 2.19. The van der Waals surface area contributed by atoms with E-state index in [0.29, 0.717) is 0 Å². The summed E-state index contributed by atoms with van der Waals surface area (Å²) in [6, 6.07) is 0. The second-order valence-electron chi connectivity index (χ2n) is 3.48. The first-order valence-corrected chi connectivity index (χ1v) is 5.15. The highest BCUT2D eigenvalue weighted by Gasteiger charge is 2.05. The number of hydrogen-bond donors (Lipinski definition) is 0. The Hall–Kier alpha value is -0.920. The quantitative estimate of drug-likeness (QED) is 0.614. The number of nitrogens with zero attached hydrogens (tertiary/aromatic N) is 2. The zero-order valence-electron chi connectivity index (χ0n) is 10.3. The van der Waals surface area contributed by atoms with Gasteiger partial charge in [-0.15, -0.1) is 0 Å². The first-order chi connectivity index (χ1) is 6.58. The van der Waals surface area contributed by atoms with Gasteiger partial charge < -0.3 is 0 Å². The molecule has 0 aliphatic rings. The molecule has 0 heterocycles. The van der Waals surface area contributed by atoms with E-state index in [1.54, 1.807) is 0 Å². The molecule has 0 aliphatic carbocycles. The molecule has 0 aromatic rings. The second kappa shape index (κ2) is 6.52. The van der Waals surface area contributed by atoms with Crippen molar-refractivity contribution in [2.45, 2.75) is 40.5 Å². The third kappa shape index (κ3) is 3.44. The molecule has 0 bridgehead atoms. The molecule has 0 saturated heterocycles. The highest BCUT2D eigenvalue weighted by atomic mass is 14.7. The van der Waals surface area contributed by atoms with Gasteiger partial charge in [-0.3, -0.25) is 9.98 Å². The second-order valence-corrected chi connectivity index (χ2v) is 3.48. The first kappa shape index (κ1) is 13.1. The van der Waals surface area contributed by atoms with Crippen molar-refractivity contribution in [2.75, 3.05) is 14.1 Å². The van der Waals surface area contributed by atoms with Crippen molar-refractivity contribution >= 4 is 11.4 Å². The molecule has 0 spiro atoms. The van der Waals surface area contributed by atoms with E-state index >= 15 is 0 Å². The third-order valence-electron chi connectivity index (χ3n) is 2.63. The molecule has 80 valence electrons. The molecular weight excluding hydrogens is 172 g/mol. The molecular formula is C12H22N2. The summed E-state index contributed by atoms with van der Waals surface area (Å²) in [4.78, 5) is 8.51. The van der Waals surface area contributed by atoms with Crippen LogP contribution in [0, 0.1) is 0 Å². The average Bonchev–Trinajstić information content (AvgIpc) is 2.22. The fraction of sp³-hybridized carbons (Fsp3) is 0.667. The molecule has 0 rings (SSSR count). The van der Waals surface area contributed by atoms with Crippen molar-refractivity contribution in [3.63, 3.8) is 0 Å². The number of allylic oxidation sites excluding steroid dienone is 2. The van der Waals surface area contributed by atoms with Crippen LogP contribution in [-0.2, 0) is 0 Å². The molecule has 0 aromatic heterocycles. The van der Waals surface area contributed by atoms with Crippen LogP contribution in [0.5, 0.6) is 0 Å². The Labute approximate surface area is 87.9 Å². The molecule has 0 aromatic carbocycles. The minimum Gasteiger partial charge on any atom is -0.293 e. The van der Waals surface area contributed by atoms with Gasteiger partial charge in [0.15, 0.2) is 0 Å². The molecule has 0 aliphatic heterocycles. The predicted octanol–water partition coefficient (Wildman–Crippen LogP) is 3.28. The fourth-order valence-electron chi connectivity index (χ4n) is 1.36. The van der Waals surface area contributed by atoms with Gasteiger partial charge in [0.2, 0.25) is 0 Å². The summed E-state index contributed by atoms with van der Waals surface area (Å²) in [5, 5.41) is 0. The van der Waals surface area contributed by atoms with Gasteiger partial charge in [0, 0.05) is 25.5 Å². The van der Waals surface area contributed by atoms with Crippen LogP contribution in [0.2, 0.25) is 0 Å². The van der Waals surface area contributed by atoms with E-state index in [1.165, 1.54) is 16.9 Å². The number of aliphatic imine (C=N–C) groups is 2. The largest absolute Gasteiger partial charge is 0.293 e. The lowest BCUT2D eigenvalue weighted by atomic mass is 10.00. The predicted molar refractivity (Wildman–Crippen MR) is 65.7 cm³/mol. The van der Waals surface area contributed by atoms with Crippen LogP contribution < -0.4 is 0 Å². The zero-order chi connectivity index (χ0) is 11.1. The smallest absolute Gasteiger partial charge is 0.0377 e. The summed E-state index contributed by atoms with van der Waals surface area (Å²) in [5.41, 5.74) is 4.83. The van der Waals surface area contributed by atoms with Gasteiger partial charge in [-0.1, -0.05) is 13.3 Å². The average molecular weight is 194 g/mol. The van der Waals surface area contributed by atoms with E-state index < -0.39 is 0 Å². The molecule has 2 nitrogen and oxygen atoms in total. The van der Waals surface area contributed by atoms with Gasteiger partial charge in [0.25, 0.3) is 0 Å². The molecule has 0 unspecified atom stereocenters.